The molecule has 88 valence electrons. The molecule has 17 heavy (non-hydrogen) atoms. The Hall–Kier alpha value is -1.69. The van der Waals surface area contributed by atoms with Crippen LogP contribution in [-0.2, 0) is 11.2 Å². The Labute approximate surface area is 102 Å². The van der Waals surface area contributed by atoms with Gasteiger partial charge in [-0.05, 0) is 36.3 Å². The van der Waals surface area contributed by atoms with Gasteiger partial charge in [-0.15, -0.1) is 11.3 Å². The zero-order chi connectivity index (χ0) is 11.7. The maximum absolute atomic E-state index is 12.1. The molecule has 0 saturated carbocycles. The van der Waals surface area contributed by atoms with Crippen molar-refractivity contribution in [2.24, 2.45) is 0 Å². The van der Waals surface area contributed by atoms with Crippen LogP contribution >= 0.6 is 11.3 Å². The van der Waals surface area contributed by atoms with Gasteiger partial charge in [-0.2, -0.15) is 10.1 Å². The summed E-state index contributed by atoms with van der Waals surface area (Å²) in [6, 6.07) is 2.06. The van der Waals surface area contributed by atoms with Crippen LogP contribution in [0.3, 0.4) is 0 Å². The third-order valence-electron chi connectivity index (χ3n) is 3.03. The van der Waals surface area contributed by atoms with E-state index in [9.17, 15) is 4.79 Å². The van der Waals surface area contributed by atoms with Crippen LogP contribution in [0.5, 0.6) is 0 Å². The Balaban J connectivity index is 1.80. The van der Waals surface area contributed by atoms with Crippen molar-refractivity contribution in [3.8, 4) is 0 Å². The molecular weight excluding hydrogens is 236 g/mol. The lowest BCUT2D eigenvalue weighted by molar-refractivity contribution is -0.117. The highest BCUT2D eigenvalue weighted by Crippen LogP contribution is 2.35. The van der Waals surface area contributed by atoms with Gasteiger partial charge in [0.25, 0.3) is 0 Å². The Morgan fingerprint density at radius 3 is 3.35 bits per heavy atom. The molecule has 2 heterocycles. The molecule has 5 nitrogen and oxygen atoms in total. The topological polar surface area (TPSA) is 70.7 Å². The lowest BCUT2D eigenvalue weighted by atomic mass is 9.87. The second kappa shape index (κ2) is 4.29. The number of carbonyl (C=O) groups is 1. The number of H-pyrrole nitrogens is 1. The van der Waals surface area contributed by atoms with E-state index in [0.29, 0.717) is 5.95 Å². The fraction of sp³-hybridized carbons (Fsp3) is 0.364. The highest BCUT2D eigenvalue weighted by atomic mass is 32.1. The average molecular weight is 248 g/mol. The number of aromatic amines is 1. The number of nitrogens with one attached hydrogen (secondary N) is 2. The van der Waals surface area contributed by atoms with Crippen molar-refractivity contribution in [1.82, 2.24) is 15.2 Å². The molecule has 2 N–H and O–H groups in total. The second-order valence-corrected chi connectivity index (χ2v) is 5.07. The predicted molar refractivity (Wildman–Crippen MR) is 65.0 cm³/mol. The van der Waals surface area contributed by atoms with Gasteiger partial charge < -0.3 is 0 Å². The van der Waals surface area contributed by atoms with Crippen LogP contribution in [0.15, 0.2) is 17.8 Å². The van der Waals surface area contributed by atoms with Crippen LogP contribution in [0.1, 0.15) is 29.2 Å². The van der Waals surface area contributed by atoms with Crippen molar-refractivity contribution in [3.05, 3.63) is 28.2 Å². The number of aromatic nitrogens is 3. The molecule has 1 amide bonds. The van der Waals surface area contributed by atoms with Gasteiger partial charge in [-0.3, -0.25) is 10.1 Å². The largest absolute Gasteiger partial charge is 0.294 e. The molecule has 1 atom stereocenters. The van der Waals surface area contributed by atoms with Crippen LogP contribution < -0.4 is 5.32 Å². The summed E-state index contributed by atoms with van der Waals surface area (Å²) in [4.78, 5) is 17.4. The van der Waals surface area contributed by atoms with Gasteiger partial charge >= 0.3 is 0 Å². The molecule has 0 fully saturated rings. The first-order valence-electron chi connectivity index (χ1n) is 5.57. The number of hydrogen-bond acceptors (Lipinski definition) is 4. The molecule has 0 saturated heterocycles. The van der Waals surface area contributed by atoms with Crippen molar-refractivity contribution in [3.63, 3.8) is 0 Å². The number of aryl methyl sites for hydroxylation is 1. The quantitative estimate of drug-likeness (QED) is 0.853. The van der Waals surface area contributed by atoms with Crippen molar-refractivity contribution in [2.45, 2.75) is 25.2 Å². The predicted octanol–water partition coefficient (Wildman–Crippen LogP) is 1.92. The number of carbonyl (C=O) groups excluding carboxylic acids is 1. The van der Waals surface area contributed by atoms with E-state index >= 15 is 0 Å². The van der Waals surface area contributed by atoms with Crippen LogP contribution in [0, 0.1) is 0 Å². The Bertz CT molecular complexity index is 519. The Morgan fingerprint density at radius 2 is 2.53 bits per heavy atom. The second-order valence-electron chi connectivity index (χ2n) is 4.07. The summed E-state index contributed by atoms with van der Waals surface area (Å²) in [6.07, 6.45) is 4.46. The molecule has 0 radical (unpaired) electrons. The molecule has 0 aliphatic heterocycles. The molecule has 1 unspecified atom stereocenters. The van der Waals surface area contributed by atoms with E-state index in [-0.39, 0.29) is 11.8 Å². The molecule has 2 aromatic rings. The van der Waals surface area contributed by atoms with Gasteiger partial charge in [-0.25, -0.2) is 5.10 Å². The van der Waals surface area contributed by atoms with Gasteiger partial charge in [0.2, 0.25) is 11.9 Å². The monoisotopic (exact) mass is 248 g/mol. The van der Waals surface area contributed by atoms with E-state index in [1.54, 1.807) is 11.3 Å². The lowest BCUT2D eigenvalue weighted by Crippen LogP contribution is -2.24. The fourth-order valence-electron chi connectivity index (χ4n) is 2.23. The maximum atomic E-state index is 12.1. The third-order valence-corrected chi connectivity index (χ3v) is 4.02. The highest BCUT2D eigenvalue weighted by molar-refractivity contribution is 7.10. The van der Waals surface area contributed by atoms with Gasteiger partial charge in [0.15, 0.2) is 0 Å². The van der Waals surface area contributed by atoms with Crippen LogP contribution in [0.2, 0.25) is 0 Å². The van der Waals surface area contributed by atoms with E-state index in [2.05, 4.69) is 31.9 Å². The molecule has 0 aromatic carbocycles. The zero-order valence-electron chi connectivity index (χ0n) is 9.14. The SMILES string of the molecule is O=C(Nc1ncn[nH]1)C1CCCc2sccc21. The molecule has 2 aromatic heterocycles. The Morgan fingerprint density at radius 1 is 1.59 bits per heavy atom. The van der Waals surface area contributed by atoms with Crippen molar-refractivity contribution in [1.29, 1.82) is 0 Å². The summed E-state index contributed by atoms with van der Waals surface area (Å²) < 4.78 is 0. The normalized spacial score (nSPS) is 18.7. The van der Waals surface area contributed by atoms with E-state index in [1.165, 1.54) is 16.8 Å². The number of fused-ring (bicyclic) bond motifs is 1. The minimum absolute atomic E-state index is 0.00102. The first-order valence-corrected chi connectivity index (χ1v) is 6.45. The summed E-state index contributed by atoms with van der Waals surface area (Å²) in [7, 11) is 0. The third kappa shape index (κ3) is 1.95. The number of thiophene rings is 1. The van der Waals surface area contributed by atoms with E-state index in [0.717, 1.165) is 19.3 Å². The summed E-state index contributed by atoms with van der Waals surface area (Å²) >= 11 is 1.74. The molecular formula is C11H12N4OS. The standard InChI is InChI=1S/C11H12N4OS/c16-10(14-11-12-6-13-15-11)8-2-1-3-9-7(8)4-5-17-9/h4-6,8H,1-3H2,(H2,12,13,14,15,16). The number of hydrogen-bond donors (Lipinski definition) is 2. The van der Waals surface area contributed by atoms with E-state index < -0.39 is 0 Å². The maximum Gasteiger partial charge on any atom is 0.234 e. The average Bonchev–Trinajstić information content (AvgIpc) is 2.97. The summed E-state index contributed by atoms with van der Waals surface area (Å²) in [5, 5.41) is 11.2. The number of anilines is 1. The minimum atomic E-state index is -0.0462. The van der Waals surface area contributed by atoms with Gasteiger partial charge in [-0.1, -0.05) is 0 Å². The van der Waals surface area contributed by atoms with Gasteiger partial charge in [0.1, 0.15) is 6.33 Å². The summed E-state index contributed by atoms with van der Waals surface area (Å²) in [6.45, 7) is 0. The van der Waals surface area contributed by atoms with Crippen LogP contribution in [-0.4, -0.2) is 21.1 Å². The van der Waals surface area contributed by atoms with E-state index in [4.69, 9.17) is 0 Å². The molecule has 0 bridgehead atoms. The molecule has 3 rings (SSSR count). The van der Waals surface area contributed by atoms with E-state index in [1.807, 2.05) is 0 Å². The highest BCUT2D eigenvalue weighted by Gasteiger charge is 2.27. The fourth-order valence-corrected chi connectivity index (χ4v) is 3.22. The summed E-state index contributed by atoms with van der Waals surface area (Å²) in [5.41, 5.74) is 1.18. The smallest absolute Gasteiger partial charge is 0.234 e. The van der Waals surface area contributed by atoms with Crippen LogP contribution in [0.25, 0.3) is 0 Å². The van der Waals surface area contributed by atoms with Crippen molar-refractivity contribution < 1.29 is 4.79 Å². The zero-order valence-corrected chi connectivity index (χ0v) is 9.96. The number of rotatable bonds is 2. The Kier molecular flexibility index (Phi) is 2.64. The molecule has 6 heteroatoms. The number of amides is 1. The van der Waals surface area contributed by atoms with Gasteiger partial charge in [0, 0.05) is 4.88 Å². The minimum Gasteiger partial charge on any atom is -0.294 e. The first kappa shape index (κ1) is 10.5. The van der Waals surface area contributed by atoms with Crippen molar-refractivity contribution >= 4 is 23.2 Å². The molecule has 1 aliphatic rings. The first-order chi connectivity index (χ1) is 8.34. The van der Waals surface area contributed by atoms with Crippen LogP contribution in [0.4, 0.5) is 5.95 Å². The lowest BCUT2D eigenvalue weighted by Gasteiger charge is -2.21. The molecule has 0 spiro atoms. The molecule has 1 aliphatic carbocycles. The number of nitrogens with zero attached hydrogens (tertiary/aromatic N) is 2. The van der Waals surface area contributed by atoms with Gasteiger partial charge in [0.05, 0.1) is 5.92 Å². The van der Waals surface area contributed by atoms with Crippen molar-refractivity contribution in [2.75, 3.05) is 5.32 Å². The summed E-state index contributed by atoms with van der Waals surface area (Å²) in [5.74, 6) is 0.369.